The number of anilines is 1. The highest BCUT2D eigenvalue weighted by atomic mass is 16.6. The van der Waals surface area contributed by atoms with Crippen molar-refractivity contribution < 1.29 is 9.53 Å². The Hall–Kier alpha value is -1.78. The number of nitrogens with zero attached hydrogens (tertiary/aromatic N) is 3. The van der Waals surface area contributed by atoms with E-state index >= 15 is 0 Å². The van der Waals surface area contributed by atoms with Gasteiger partial charge in [-0.15, -0.1) is 0 Å². The normalized spacial score (nSPS) is 19.2. The second-order valence-corrected chi connectivity index (χ2v) is 8.03. The highest BCUT2D eigenvalue weighted by molar-refractivity contribution is 5.68. The molecule has 1 aliphatic carbocycles. The van der Waals surface area contributed by atoms with Gasteiger partial charge >= 0.3 is 6.09 Å². The number of hydrogen-bond acceptors (Lipinski definition) is 4. The molecule has 0 radical (unpaired) electrons. The van der Waals surface area contributed by atoms with Crippen molar-refractivity contribution in [2.45, 2.75) is 64.0 Å². The lowest BCUT2D eigenvalue weighted by molar-refractivity contribution is 0.0201. The van der Waals surface area contributed by atoms with E-state index < -0.39 is 5.60 Å². The van der Waals surface area contributed by atoms with E-state index in [4.69, 9.17) is 4.74 Å². The number of piperidine rings is 1. The second kappa shape index (κ2) is 6.61. The van der Waals surface area contributed by atoms with Crippen LogP contribution in [0.3, 0.4) is 0 Å². The molecule has 0 bridgehead atoms. The maximum Gasteiger partial charge on any atom is 0.410 e. The average Bonchev–Trinajstić information content (AvgIpc) is 3.38. The molecule has 1 amide bonds. The maximum absolute atomic E-state index is 12.2. The second-order valence-electron chi connectivity index (χ2n) is 8.03. The van der Waals surface area contributed by atoms with Crippen LogP contribution in [-0.4, -0.2) is 47.8 Å². The molecule has 1 aromatic rings. The molecule has 3 rings (SSSR count). The molecule has 2 aliphatic rings. The Morgan fingerprint density at radius 2 is 1.88 bits per heavy atom. The maximum atomic E-state index is 12.2. The van der Waals surface area contributed by atoms with Gasteiger partial charge in [0, 0.05) is 37.8 Å². The minimum atomic E-state index is -0.443. The SMILES string of the molecule is CN(C(=O)OC(C)(C)C)C1CCN(c2ccc(C3CC3)nc2)CC1. The average molecular weight is 331 g/mol. The lowest BCUT2D eigenvalue weighted by atomic mass is 10.0. The van der Waals surface area contributed by atoms with Gasteiger partial charge in [0.05, 0.1) is 11.9 Å². The lowest BCUT2D eigenvalue weighted by Gasteiger charge is -2.38. The first-order chi connectivity index (χ1) is 11.3. The summed E-state index contributed by atoms with van der Waals surface area (Å²) in [4.78, 5) is 20.9. The molecule has 24 heavy (non-hydrogen) atoms. The monoisotopic (exact) mass is 331 g/mol. The van der Waals surface area contributed by atoms with Crippen LogP contribution in [0.1, 0.15) is 58.1 Å². The van der Waals surface area contributed by atoms with Crippen LogP contribution in [0.5, 0.6) is 0 Å². The zero-order valence-electron chi connectivity index (χ0n) is 15.3. The molecule has 5 heteroatoms. The molecule has 1 saturated carbocycles. The number of rotatable bonds is 3. The predicted molar refractivity (Wildman–Crippen MR) is 95.4 cm³/mol. The number of pyridine rings is 1. The fourth-order valence-electron chi connectivity index (χ4n) is 3.20. The van der Waals surface area contributed by atoms with Gasteiger partial charge < -0.3 is 14.5 Å². The number of hydrogen-bond donors (Lipinski definition) is 0. The summed E-state index contributed by atoms with van der Waals surface area (Å²) in [5.74, 6) is 0.701. The summed E-state index contributed by atoms with van der Waals surface area (Å²) < 4.78 is 5.47. The molecule has 0 spiro atoms. The van der Waals surface area contributed by atoms with Crippen molar-refractivity contribution in [1.82, 2.24) is 9.88 Å². The summed E-state index contributed by atoms with van der Waals surface area (Å²) in [7, 11) is 1.85. The molecule has 1 aromatic heterocycles. The smallest absolute Gasteiger partial charge is 0.410 e. The third-order valence-electron chi connectivity index (χ3n) is 4.83. The standard InChI is InChI=1S/C19H29N3O2/c1-19(2,3)24-18(23)21(4)15-9-11-22(12-10-15)16-7-8-17(20-13-16)14-5-6-14/h7-8,13-15H,5-6,9-12H2,1-4H3. The Labute approximate surface area is 145 Å². The van der Waals surface area contributed by atoms with Crippen LogP contribution in [0, 0.1) is 0 Å². The minimum absolute atomic E-state index is 0.226. The Balaban J connectivity index is 1.52. The molecule has 5 nitrogen and oxygen atoms in total. The van der Waals surface area contributed by atoms with Crippen molar-refractivity contribution in [2.75, 3.05) is 25.0 Å². The molecule has 2 fully saturated rings. The van der Waals surface area contributed by atoms with Gasteiger partial charge in [-0.05, 0) is 58.6 Å². The molecule has 1 saturated heterocycles. The zero-order chi connectivity index (χ0) is 17.3. The van der Waals surface area contributed by atoms with Crippen LogP contribution in [0.15, 0.2) is 18.3 Å². The largest absolute Gasteiger partial charge is 0.444 e. The van der Waals surface area contributed by atoms with Crippen LogP contribution < -0.4 is 4.90 Å². The first kappa shape index (κ1) is 17.1. The summed E-state index contributed by atoms with van der Waals surface area (Å²) in [6.45, 7) is 7.60. The Morgan fingerprint density at radius 1 is 1.21 bits per heavy atom. The molecular weight excluding hydrogens is 302 g/mol. The molecule has 0 unspecified atom stereocenters. The van der Waals surface area contributed by atoms with Gasteiger partial charge in [0.15, 0.2) is 0 Å². The van der Waals surface area contributed by atoms with Gasteiger partial charge in [-0.1, -0.05) is 0 Å². The van der Waals surface area contributed by atoms with E-state index in [9.17, 15) is 4.79 Å². The summed E-state index contributed by atoms with van der Waals surface area (Å²) in [6, 6.07) is 4.61. The first-order valence-corrected chi connectivity index (χ1v) is 9.00. The number of ether oxygens (including phenoxy) is 1. The highest BCUT2D eigenvalue weighted by Crippen LogP contribution is 2.39. The number of carbonyl (C=O) groups excluding carboxylic acids is 1. The predicted octanol–water partition coefficient (Wildman–Crippen LogP) is 3.79. The third-order valence-corrected chi connectivity index (χ3v) is 4.83. The summed E-state index contributed by atoms with van der Waals surface area (Å²) in [5.41, 5.74) is 1.98. The first-order valence-electron chi connectivity index (χ1n) is 9.00. The van der Waals surface area contributed by atoms with E-state index in [1.807, 2.05) is 34.0 Å². The van der Waals surface area contributed by atoms with Crippen LogP contribution in [0.2, 0.25) is 0 Å². The molecule has 0 aromatic carbocycles. The number of aromatic nitrogens is 1. The van der Waals surface area contributed by atoms with Gasteiger partial charge in [0.1, 0.15) is 5.60 Å². The topological polar surface area (TPSA) is 45.7 Å². The molecule has 132 valence electrons. The van der Waals surface area contributed by atoms with E-state index in [1.165, 1.54) is 24.2 Å². The third kappa shape index (κ3) is 4.19. The summed E-state index contributed by atoms with van der Waals surface area (Å²) in [6.07, 6.45) is 6.27. The van der Waals surface area contributed by atoms with Crippen molar-refractivity contribution in [2.24, 2.45) is 0 Å². The van der Waals surface area contributed by atoms with E-state index in [1.54, 1.807) is 4.90 Å². The van der Waals surface area contributed by atoms with Crippen molar-refractivity contribution in [1.29, 1.82) is 0 Å². The van der Waals surface area contributed by atoms with Crippen LogP contribution in [-0.2, 0) is 4.74 Å². The number of carbonyl (C=O) groups is 1. The van der Waals surface area contributed by atoms with Crippen LogP contribution in [0.4, 0.5) is 10.5 Å². The Kier molecular flexibility index (Phi) is 4.70. The molecule has 0 N–H and O–H groups in total. The Morgan fingerprint density at radius 3 is 2.38 bits per heavy atom. The summed E-state index contributed by atoms with van der Waals surface area (Å²) >= 11 is 0. The van der Waals surface area contributed by atoms with E-state index in [0.717, 1.165) is 25.9 Å². The number of amides is 1. The van der Waals surface area contributed by atoms with E-state index in [-0.39, 0.29) is 12.1 Å². The van der Waals surface area contributed by atoms with Crippen molar-refractivity contribution in [3.63, 3.8) is 0 Å². The summed E-state index contributed by atoms with van der Waals surface area (Å²) in [5, 5.41) is 0. The van der Waals surface area contributed by atoms with Crippen LogP contribution in [0.25, 0.3) is 0 Å². The molecule has 0 atom stereocenters. The highest BCUT2D eigenvalue weighted by Gasteiger charge is 2.29. The van der Waals surface area contributed by atoms with Crippen molar-refractivity contribution >= 4 is 11.8 Å². The van der Waals surface area contributed by atoms with Crippen LogP contribution >= 0.6 is 0 Å². The Bertz CT molecular complexity index is 567. The lowest BCUT2D eigenvalue weighted by Crippen LogP contribution is -2.47. The molecule has 1 aliphatic heterocycles. The van der Waals surface area contributed by atoms with E-state index in [0.29, 0.717) is 5.92 Å². The zero-order valence-corrected chi connectivity index (χ0v) is 15.3. The van der Waals surface area contributed by atoms with Gasteiger partial charge in [-0.2, -0.15) is 0 Å². The minimum Gasteiger partial charge on any atom is -0.444 e. The van der Waals surface area contributed by atoms with E-state index in [2.05, 4.69) is 22.0 Å². The van der Waals surface area contributed by atoms with Gasteiger partial charge in [-0.25, -0.2) is 4.79 Å². The molecule has 2 heterocycles. The van der Waals surface area contributed by atoms with Gasteiger partial charge in [-0.3, -0.25) is 4.98 Å². The quantitative estimate of drug-likeness (QED) is 0.845. The molecular formula is C19H29N3O2. The van der Waals surface area contributed by atoms with Gasteiger partial charge in [0.25, 0.3) is 0 Å². The van der Waals surface area contributed by atoms with Crippen molar-refractivity contribution in [3.05, 3.63) is 24.0 Å². The van der Waals surface area contributed by atoms with Crippen molar-refractivity contribution in [3.8, 4) is 0 Å². The van der Waals surface area contributed by atoms with Gasteiger partial charge in [0.2, 0.25) is 0 Å². The fourth-order valence-corrected chi connectivity index (χ4v) is 3.20. The fraction of sp³-hybridized carbons (Fsp3) is 0.684.